The van der Waals surface area contributed by atoms with E-state index in [1.807, 2.05) is 6.07 Å². The minimum absolute atomic E-state index is 0.133. The Morgan fingerprint density at radius 2 is 2.07 bits per heavy atom. The quantitative estimate of drug-likeness (QED) is 0.446. The second-order valence-electron chi connectivity index (χ2n) is 8.04. The van der Waals surface area contributed by atoms with Gasteiger partial charge in [-0.1, -0.05) is 0 Å². The van der Waals surface area contributed by atoms with Gasteiger partial charge in [-0.25, -0.2) is 14.4 Å². The van der Waals surface area contributed by atoms with Crippen molar-refractivity contribution in [1.82, 2.24) is 15.3 Å². The summed E-state index contributed by atoms with van der Waals surface area (Å²) in [5.74, 6) is 0.199. The van der Waals surface area contributed by atoms with Gasteiger partial charge < -0.3 is 15.4 Å². The monoisotopic (exact) mass is 440 g/mol. The van der Waals surface area contributed by atoms with Crippen molar-refractivity contribution >= 4 is 54.5 Å². The Kier molecular flexibility index (Phi) is 4.49. The van der Waals surface area contributed by atoms with E-state index in [4.69, 9.17) is 4.74 Å². The highest BCUT2D eigenvalue weighted by Crippen LogP contribution is 2.46. The minimum Gasteiger partial charge on any atom is -0.381 e. The number of anilines is 2. The average molecular weight is 441 g/mol. The maximum atomic E-state index is 14.7. The Morgan fingerprint density at radius 1 is 1.17 bits per heavy atom. The Labute approximate surface area is 181 Å². The highest BCUT2D eigenvalue weighted by molar-refractivity contribution is 7.18. The fourth-order valence-electron chi connectivity index (χ4n) is 4.90. The van der Waals surface area contributed by atoms with Gasteiger partial charge in [0.15, 0.2) is 0 Å². The standard InChI is InChI=1S/C22H21FN4OS2/c23-15-10-20-18(25-12-29-20)11-17(15)27-16-2-5-24-21-13(16)9-19(30-21)14-1-6-26-22(14)3-7-28-8-4-22/h2,5,9-12,14,26H,1,3-4,6-8H2,(H,24,27)/t14-/m1/s1. The lowest BCUT2D eigenvalue weighted by Crippen LogP contribution is -2.48. The Morgan fingerprint density at radius 3 is 2.97 bits per heavy atom. The molecule has 6 rings (SSSR count). The summed E-state index contributed by atoms with van der Waals surface area (Å²) in [6.45, 7) is 2.67. The molecule has 154 valence electrons. The number of nitrogens with one attached hydrogen (secondary N) is 2. The predicted molar refractivity (Wildman–Crippen MR) is 121 cm³/mol. The summed E-state index contributed by atoms with van der Waals surface area (Å²) in [4.78, 5) is 11.3. The molecule has 2 aliphatic heterocycles. The van der Waals surface area contributed by atoms with E-state index in [1.165, 1.54) is 16.2 Å². The van der Waals surface area contributed by atoms with Crippen molar-refractivity contribution in [3.63, 3.8) is 0 Å². The van der Waals surface area contributed by atoms with Crippen LogP contribution in [-0.2, 0) is 4.74 Å². The molecule has 0 aliphatic carbocycles. The fraction of sp³-hybridized carbons (Fsp3) is 0.364. The SMILES string of the molecule is Fc1cc2scnc2cc1Nc1ccnc2sc([C@H]3CCNC34CCOCC4)cc12. The minimum atomic E-state index is -0.270. The van der Waals surface area contributed by atoms with Crippen LogP contribution in [0.4, 0.5) is 15.8 Å². The van der Waals surface area contributed by atoms with Crippen molar-refractivity contribution in [2.24, 2.45) is 0 Å². The lowest BCUT2D eigenvalue weighted by atomic mass is 9.78. The molecule has 0 bridgehead atoms. The number of thiazole rings is 1. The molecule has 0 amide bonds. The number of fused-ring (bicyclic) bond motifs is 2. The molecule has 0 unspecified atom stereocenters. The summed E-state index contributed by atoms with van der Waals surface area (Å²) in [6, 6.07) is 7.49. The van der Waals surface area contributed by atoms with Gasteiger partial charge in [-0.3, -0.25) is 0 Å². The molecule has 30 heavy (non-hydrogen) atoms. The van der Waals surface area contributed by atoms with Crippen LogP contribution in [0.2, 0.25) is 0 Å². The molecule has 0 saturated carbocycles. The van der Waals surface area contributed by atoms with Crippen LogP contribution >= 0.6 is 22.7 Å². The van der Waals surface area contributed by atoms with Gasteiger partial charge in [0.25, 0.3) is 0 Å². The van der Waals surface area contributed by atoms with Crippen LogP contribution < -0.4 is 10.6 Å². The molecule has 5 heterocycles. The molecular formula is C22H21FN4OS2. The number of hydrogen-bond donors (Lipinski definition) is 2. The van der Waals surface area contributed by atoms with Gasteiger partial charge in [0, 0.05) is 41.1 Å². The van der Waals surface area contributed by atoms with E-state index in [9.17, 15) is 4.39 Å². The summed E-state index contributed by atoms with van der Waals surface area (Å²) < 4.78 is 21.1. The van der Waals surface area contributed by atoms with E-state index in [2.05, 4.69) is 26.7 Å². The molecule has 2 saturated heterocycles. The Bertz CT molecular complexity index is 1230. The van der Waals surface area contributed by atoms with Crippen LogP contribution in [-0.4, -0.2) is 35.3 Å². The van der Waals surface area contributed by atoms with E-state index < -0.39 is 0 Å². The van der Waals surface area contributed by atoms with E-state index in [0.717, 1.165) is 65.1 Å². The van der Waals surface area contributed by atoms with Gasteiger partial charge in [-0.05, 0) is 50.1 Å². The van der Waals surface area contributed by atoms with Gasteiger partial charge in [0.2, 0.25) is 0 Å². The number of nitrogens with zero attached hydrogens (tertiary/aromatic N) is 2. The van der Waals surface area contributed by atoms with Crippen LogP contribution in [0.25, 0.3) is 20.4 Å². The van der Waals surface area contributed by atoms with E-state index in [-0.39, 0.29) is 11.4 Å². The second kappa shape index (κ2) is 7.23. The molecular weight excluding hydrogens is 419 g/mol. The highest BCUT2D eigenvalue weighted by Gasteiger charge is 2.45. The summed E-state index contributed by atoms with van der Waals surface area (Å²) in [5, 5.41) is 8.11. The van der Waals surface area contributed by atoms with Crippen LogP contribution in [0.1, 0.15) is 30.1 Å². The van der Waals surface area contributed by atoms with Crippen molar-refractivity contribution in [2.45, 2.75) is 30.7 Å². The van der Waals surface area contributed by atoms with Crippen molar-refractivity contribution in [3.05, 3.63) is 46.7 Å². The maximum Gasteiger partial charge on any atom is 0.148 e. The molecule has 1 atom stereocenters. The largest absolute Gasteiger partial charge is 0.381 e. The van der Waals surface area contributed by atoms with Gasteiger partial charge in [0.1, 0.15) is 10.6 Å². The van der Waals surface area contributed by atoms with Crippen LogP contribution in [0.3, 0.4) is 0 Å². The Balaban J connectivity index is 1.38. The molecule has 1 aromatic carbocycles. The Hall–Kier alpha value is -2.13. The molecule has 2 N–H and O–H groups in total. The third kappa shape index (κ3) is 3.01. The number of thiophene rings is 1. The summed E-state index contributed by atoms with van der Waals surface area (Å²) in [6.07, 6.45) is 5.01. The number of rotatable bonds is 3. The molecule has 8 heteroatoms. The molecule has 0 radical (unpaired) electrons. The first-order chi connectivity index (χ1) is 14.7. The normalized spacial score (nSPS) is 21.0. The molecule has 5 nitrogen and oxygen atoms in total. The van der Waals surface area contributed by atoms with Crippen molar-refractivity contribution < 1.29 is 9.13 Å². The molecule has 2 fully saturated rings. The number of benzene rings is 1. The highest BCUT2D eigenvalue weighted by atomic mass is 32.1. The number of aromatic nitrogens is 2. The van der Waals surface area contributed by atoms with Crippen molar-refractivity contribution in [1.29, 1.82) is 0 Å². The zero-order chi connectivity index (χ0) is 20.1. The van der Waals surface area contributed by atoms with Crippen molar-refractivity contribution in [2.75, 3.05) is 25.1 Å². The smallest absolute Gasteiger partial charge is 0.148 e. The maximum absolute atomic E-state index is 14.7. The van der Waals surface area contributed by atoms with Crippen molar-refractivity contribution in [3.8, 4) is 0 Å². The van der Waals surface area contributed by atoms with Gasteiger partial charge in [0.05, 0.1) is 27.1 Å². The number of hydrogen-bond acceptors (Lipinski definition) is 7. The molecule has 1 spiro atoms. The lowest BCUT2D eigenvalue weighted by molar-refractivity contribution is 0.0397. The number of pyridine rings is 1. The second-order valence-corrected chi connectivity index (χ2v) is 9.99. The predicted octanol–water partition coefficient (Wildman–Crippen LogP) is 5.41. The zero-order valence-corrected chi connectivity index (χ0v) is 17.9. The summed E-state index contributed by atoms with van der Waals surface area (Å²) >= 11 is 3.20. The first-order valence-corrected chi connectivity index (χ1v) is 11.9. The zero-order valence-electron chi connectivity index (χ0n) is 16.3. The molecule has 4 aromatic rings. The van der Waals surface area contributed by atoms with E-state index >= 15 is 0 Å². The van der Waals surface area contributed by atoms with E-state index in [1.54, 1.807) is 35.2 Å². The lowest BCUT2D eigenvalue weighted by Gasteiger charge is -2.38. The van der Waals surface area contributed by atoms with Gasteiger partial charge in [-0.2, -0.15) is 0 Å². The van der Waals surface area contributed by atoms with Gasteiger partial charge in [-0.15, -0.1) is 22.7 Å². The average Bonchev–Trinajstić information content (AvgIpc) is 3.47. The van der Waals surface area contributed by atoms with E-state index in [0.29, 0.717) is 11.6 Å². The number of ether oxygens (including phenoxy) is 1. The molecule has 2 aliphatic rings. The number of halogens is 1. The van der Waals surface area contributed by atoms with Crippen LogP contribution in [0.15, 0.2) is 36.0 Å². The van der Waals surface area contributed by atoms with Gasteiger partial charge >= 0.3 is 0 Å². The third-order valence-electron chi connectivity index (χ3n) is 6.45. The van der Waals surface area contributed by atoms with Crippen LogP contribution in [0.5, 0.6) is 0 Å². The third-order valence-corrected chi connectivity index (χ3v) is 8.40. The summed E-state index contributed by atoms with van der Waals surface area (Å²) in [7, 11) is 0. The summed E-state index contributed by atoms with van der Waals surface area (Å²) in [5.41, 5.74) is 4.00. The fourth-order valence-corrected chi connectivity index (χ4v) is 6.86. The first-order valence-electron chi connectivity index (χ1n) is 10.2. The first kappa shape index (κ1) is 18.6. The molecule has 3 aromatic heterocycles. The topological polar surface area (TPSA) is 59.1 Å². The van der Waals surface area contributed by atoms with Crippen LogP contribution in [0, 0.1) is 5.82 Å².